The molecule has 0 spiro atoms. The van der Waals surface area contributed by atoms with Crippen molar-refractivity contribution in [2.75, 3.05) is 16.8 Å². The highest BCUT2D eigenvalue weighted by Crippen LogP contribution is 2.34. The first-order chi connectivity index (χ1) is 6.96. The Hall–Kier alpha value is -1.22. The Balaban J connectivity index is 2.24. The summed E-state index contributed by atoms with van der Waals surface area (Å²) in [6.07, 6.45) is 0. The standard InChI is InChI=1S/C12H18N3/c1-9-4-5-10-11(6-9)15(8-14-10)7-12(2,3)13/h4-6,8,14H,7,13H2,1-3H3. The van der Waals surface area contributed by atoms with Gasteiger partial charge in [-0.2, -0.15) is 0 Å². The highest BCUT2D eigenvalue weighted by molar-refractivity contribution is 5.77. The van der Waals surface area contributed by atoms with Crippen LogP contribution in [0.2, 0.25) is 0 Å². The molecular weight excluding hydrogens is 186 g/mol. The molecule has 81 valence electrons. The van der Waals surface area contributed by atoms with Crippen LogP contribution in [0.4, 0.5) is 11.4 Å². The number of aryl methyl sites for hydroxylation is 1. The Morgan fingerprint density at radius 3 is 2.80 bits per heavy atom. The molecule has 0 fully saturated rings. The summed E-state index contributed by atoms with van der Waals surface area (Å²) in [4.78, 5) is 2.17. The molecule has 1 heterocycles. The maximum absolute atomic E-state index is 6.02. The van der Waals surface area contributed by atoms with Gasteiger partial charge in [0.05, 0.1) is 11.4 Å². The van der Waals surface area contributed by atoms with Gasteiger partial charge in [0.15, 0.2) is 0 Å². The third-order valence-electron chi connectivity index (χ3n) is 2.42. The summed E-state index contributed by atoms with van der Waals surface area (Å²) in [7, 11) is 0. The lowest BCUT2D eigenvalue weighted by Crippen LogP contribution is -2.44. The lowest BCUT2D eigenvalue weighted by atomic mass is 10.1. The molecule has 0 saturated carbocycles. The fourth-order valence-electron chi connectivity index (χ4n) is 1.79. The van der Waals surface area contributed by atoms with Crippen molar-refractivity contribution in [1.29, 1.82) is 0 Å². The molecule has 2 rings (SSSR count). The first-order valence-corrected chi connectivity index (χ1v) is 5.22. The van der Waals surface area contributed by atoms with E-state index < -0.39 is 0 Å². The van der Waals surface area contributed by atoms with Gasteiger partial charge in [-0.1, -0.05) is 6.07 Å². The third-order valence-corrected chi connectivity index (χ3v) is 2.42. The molecule has 1 aromatic carbocycles. The highest BCUT2D eigenvalue weighted by Gasteiger charge is 2.23. The molecule has 1 aromatic rings. The summed E-state index contributed by atoms with van der Waals surface area (Å²) in [5.74, 6) is 0. The molecule has 0 amide bonds. The monoisotopic (exact) mass is 204 g/mol. The Labute approximate surface area is 91.3 Å². The second kappa shape index (κ2) is 3.42. The number of hydrogen-bond donors (Lipinski definition) is 2. The van der Waals surface area contributed by atoms with Crippen molar-refractivity contribution < 1.29 is 0 Å². The number of hydrogen-bond acceptors (Lipinski definition) is 3. The maximum atomic E-state index is 6.02. The zero-order valence-electron chi connectivity index (χ0n) is 9.54. The SMILES string of the molecule is Cc1ccc2c(c1)N(CC(C)(C)N)[CH]N2. The fraction of sp³-hybridized carbons (Fsp3) is 0.417. The van der Waals surface area contributed by atoms with Crippen LogP contribution in [0.5, 0.6) is 0 Å². The quantitative estimate of drug-likeness (QED) is 0.775. The van der Waals surface area contributed by atoms with E-state index in [4.69, 9.17) is 5.73 Å². The van der Waals surface area contributed by atoms with E-state index in [1.54, 1.807) is 0 Å². The van der Waals surface area contributed by atoms with Gasteiger partial charge in [0, 0.05) is 12.1 Å². The molecule has 15 heavy (non-hydrogen) atoms. The van der Waals surface area contributed by atoms with Crippen LogP contribution in [0.25, 0.3) is 0 Å². The average Bonchev–Trinajstić information content (AvgIpc) is 2.46. The zero-order valence-corrected chi connectivity index (χ0v) is 9.54. The van der Waals surface area contributed by atoms with Crippen molar-refractivity contribution in [2.45, 2.75) is 26.3 Å². The van der Waals surface area contributed by atoms with E-state index in [9.17, 15) is 0 Å². The van der Waals surface area contributed by atoms with Crippen LogP contribution in [0.3, 0.4) is 0 Å². The minimum atomic E-state index is -0.191. The number of anilines is 2. The van der Waals surface area contributed by atoms with E-state index in [0.29, 0.717) is 0 Å². The lowest BCUT2D eigenvalue weighted by Gasteiger charge is -2.27. The molecule has 3 N–H and O–H groups in total. The van der Waals surface area contributed by atoms with Crippen LogP contribution in [-0.2, 0) is 0 Å². The van der Waals surface area contributed by atoms with Crippen LogP contribution in [0.1, 0.15) is 19.4 Å². The minimum absolute atomic E-state index is 0.191. The molecule has 1 aliphatic heterocycles. The Bertz CT molecular complexity index is 366. The second-order valence-electron chi connectivity index (χ2n) is 4.91. The number of nitrogens with two attached hydrogens (primary N) is 1. The maximum Gasteiger partial charge on any atom is 0.139 e. The molecular formula is C12H18N3. The van der Waals surface area contributed by atoms with Gasteiger partial charge in [-0.25, -0.2) is 0 Å². The molecule has 0 aliphatic carbocycles. The van der Waals surface area contributed by atoms with Gasteiger partial charge in [-0.15, -0.1) is 0 Å². The largest absolute Gasteiger partial charge is 0.360 e. The summed E-state index contributed by atoms with van der Waals surface area (Å²) in [5.41, 5.74) is 9.47. The third kappa shape index (κ3) is 2.23. The van der Waals surface area contributed by atoms with E-state index in [1.807, 2.05) is 20.5 Å². The van der Waals surface area contributed by atoms with Crippen molar-refractivity contribution >= 4 is 11.4 Å². The zero-order chi connectivity index (χ0) is 11.1. The second-order valence-corrected chi connectivity index (χ2v) is 4.91. The summed E-state index contributed by atoms with van der Waals surface area (Å²) in [6.45, 7) is 8.97. The van der Waals surface area contributed by atoms with Crippen LogP contribution in [0, 0.1) is 13.6 Å². The average molecular weight is 204 g/mol. The van der Waals surface area contributed by atoms with Gasteiger partial charge < -0.3 is 16.0 Å². The molecule has 0 bridgehead atoms. The van der Waals surface area contributed by atoms with Crippen LogP contribution < -0.4 is 16.0 Å². The number of nitrogens with one attached hydrogen (secondary N) is 1. The molecule has 0 saturated heterocycles. The van der Waals surface area contributed by atoms with Crippen molar-refractivity contribution in [3.05, 3.63) is 30.4 Å². The summed E-state index contributed by atoms with van der Waals surface area (Å²) >= 11 is 0. The first kappa shape index (κ1) is 10.3. The van der Waals surface area contributed by atoms with Gasteiger partial charge >= 0.3 is 0 Å². The van der Waals surface area contributed by atoms with Crippen molar-refractivity contribution in [1.82, 2.24) is 0 Å². The molecule has 3 heteroatoms. The Morgan fingerprint density at radius 2 is 2.13 bits per heavy atom. The van der Waals surface area contributed by atoms with Crippen LogP contribution >= 0.6 is 0 Å². The molecule has 0 aromatic heterocycles. The van der Waals surface area contributed by atoms with Gasteiger partial charge in [0.2, 0.25) is 0 Å². The minimum Gasteiger partial charge on any atom is -0.360 e. The topological polar surface area (TPSA) is 41.3 Å². The predicted octanol–water partition coefficient (Wildman–Crippen LogP) is 2.08. The Kier molecular flexibility index (Phi) is 2.35. The van der Waals surface area contributed by atoms with E-state index >= 15 is 0 Å². The first-order valence-electron chi connectivity index (χ1n) is 5.22. The normalized spacial score (nSPS) is 15.1. The van der Waals surface area contributed by atoms with Gasteiger partial charge in [0.25, 0.3) is 0 Å². The summed E-state index contributed by atoms with van der Waals surface area (Å²) in [5, 5.41) is 3.25. The lowest BCUT2D eigenvalue weighted by molar-refractivity contribution is 0.522. The summed E-state index contributed by atoms with van der Waals surface area (Å²) in [6, 6.07) is 6.39. The molecule has 1 aliphatic rings. The van der Waals surface area contributed by atoms with Crippen LogP contribution in [-0.4, -0.2) is 12.1 Å². The van der Waals surface area contributed by atoms with Gasteiger partial charge in [-0.05, 0) is 38.5 Å². The van der Waals surface area contributed by atoms with Gasteiger partial charge in [0.1, 0.15) is 6.67 Å². The molecule has 3 nitrogen and oxygen atoms in total. The van der Waals surface area contributed by atoms with Gasteiger partial charge in [-0.3, -0.25) is 0 Å². The highest BCUT2D eigenvalue weighted by atomic mass is 15.3. The number of rotatable bonds is 2. The van der Waals surface area contributed by atoms with Crippen LogP contribution in [0.15, 0.2) is 18.2 Å². The molecule has 1 radical (unpaired) electrons. The van der Waals surface area contributed by atoms with E-state index in [0.717, 1.165) is 12.2 Å². The molecule has 0 unspecified atom stereocenters. The van der Waals surface area contributed by atoms with E-state index in [1.165, 1.54) is 11.3 Å². The smallest absolute Gasteiger partial charge is 0.139 e. The fourth-order valence-corrected chi connectivity index (χ4v) is 1.79. The predicted molar refractivity (Wildman–Crippen MR) is 64.7 cm³/mol. The molecule has 0 atom stereocenters. The number of nitrogens with zero attached hydrogens (tertiary/aromatic N) is 1. The summed E-state index contributed by atoms with van der Waals surface area (Å²) < 4.78 is 0. The van der Waals surface area contributed by atoms with E-state index in [-0.39, 0.29) is 5.54 Å². The van der Waals surface area contributed by atoms with Crippen molar-refractivity contribution in [3.8, 4) is 0 Å². The Morgan fingerprint density at radius 1 is 1.40 bits per heavy atom. The van der Waals surface area contributed by atoms with Crippen molar-refractivity contribution in [2.24, 2.45) is 5.73 Å². The van der Waals surface area contributed by atoms with Crippen molar-refractivity contribution in [3.63, 3.8) is 0 Å². The van der Waals surface area contributed by atoms with E-state index in [2.05, 4.69) is 35.3 Å². The number of benzene rings is 1. The number of fused-ring (bicyclic) bond motifs is 1.